The Hall–Kier alpha value is -1.52. The lowest BCUT2D eigenvalue weighted by Crippen LogP contribution is -2.44. The van der Waals surface area contributed by atoms with Gasteiger partial charge in [0.15, 0.2) is 0 Å². The number of aromatic amines is 1. The molecular weight excluding hydrogens is 192 g/mol. The van der Waals surface area contributed by atoms with E-state index in [4.69, 9.17) is 0 Å². The van der Waals surface area contributed by atoms with Crippen molar-refractivity contribution in [3.8, 4) is 0 Å². The molecule has 1 aliphatic heterocycles. The molecule has 0 aromatic carbocycles. The smallest absolute Gasteiger partial charge is 0.317 e. The van der Waals surface area contributed by atoms with Gasteiger partial charge in [-0.25, -0.2) is 9.78 Å². The van der Waals surface area contributed by atoms with Crippen LogP contribution in [-0.4, -0.2) is 34.5 Å². The van der Waals surface area contributed by atoms with Crippen molar-refractivity contribution in [2.45, 2.75) is 25.8 Å². The molecule has 5 heteroatoms. The van der Waals surface area contributed by atoms with E-state index >= 15 is 0 Å². The summed E-state index contributed by atoms with van der Waals surface area (Å²) in [6, 6.07) is 0.0930. The first-order valence-corrected chi connectivity index (χ1v) is 5.28. The van der Waals surface area contributed by atoms with E-state index < -0.39 is 0 Å². The average Bonchev–Trinajstić information content (AvgIpc) is 2.74. The Morgan fingerprint density at radius 2 is 2.60 bits per heavy atom. The number of aromatic nitrogens is 2. The van der Waals surface area contributed by atoms with E-state index in [0.29, 0.717) is 0 Å². The van der Waals surface area contributed by atoms with Crippen LogP contribution in [0, 0.1) is 0 Å². The van der Waals surface area contributed by atoms with Crippen LogP contribution in [0.15, 0.2) is 6.33 Å². The molecule has 0 spiro atoms. The molecule has 1 atom stereocenters. The van der Waals surface area contributed by atoms with Crippen LogP contribution >= 0.6 is 0 Å². The highest BCUT2D eigenvalue weighted by molar-refractivity contribution is 5.74. The van der Waals surface area contributed by atoms with Gasteiger partial charge in [-0.05, 0) is 6.42 Å². The molecule has 15 heavy (non-hydrogen) atoms. The number of urea groups is 1. The zero-order valence-electron chi connectivity index (χ0n) is 9.08. The number of hydrogen-bond donors (Lipinski definition) is 2. The Kier molecular flexibility index (Phi) is 2.62. The molecule has 0 saturated carbocycles. The lowest BCUT2D eigenvalue weighted by Gasteiger charge is -2.33. The Balaban J connectivity index is 2.28. The second-order valence-electron chi connectivity index (χ2n) is 3.69. The third kappa shape index (κ3) is 1.58. The minimum absolute atomic E-state index is 0.0181. The third-order valence-electron chi connectivity index (χ3n) is 2.91. The molecule has 1 aromatic heterocycles. The quantitative estimate of drug-likeness (QED) is 0.725. The predicted molar refractivity (Wildman–Crippen MR) is 56.5 cm³/mol. The van der Waals surface area contributed by atoms with Gasteiger partial charge in [-0.1, -0.05) is 6.92 Å². The third-order valence-corrected chi connectivity index (χ3v) is 2.91. The van der Waals surface area contributed by atoms with Gasteiger partial charge in [0.25, 0.3) is 0 Å². The predicted octanol–water partition coefficient (Wildman–Crippen LogP) is 1.06. The summed E-state index contributed by atoms with van der Waals surface area (Å²) >= 11 is 0. The highest BCUT2D eigenvalue weighted by Crippen LogP contribution is 2.29. The summed E-state index contributed by atoms with van der Waals surface area (Å²) in [6.45, 7) is 2.83. The molecule has 2 amide bonds. The average molecular weight is 208 g/mol. The normalized spacial score (nSPS) is 19.9. The maximum atomic E-state index is 11.6. The van der Waals surface area contributed by atoms with Crippen molar-refractivity contribution in [1.29, 1.82) is 0 Å². The zero-order valence-corrected chi connectivity index (χ0v) is 9.08. The van der Waals surface area contributed by atoms with E-state index in [1.807, 2.05) is 4.90 Å². The molecule has 1 aliphatic rings. The molecule has 82 valence electrons. The van der Waals surface area contributed by atoms with Gasteiger partial charge in [-0.3, -0.25) is 0 Å². The lowest BCUT2D eigenvalue weighted by molar-refractivity contribution is 0.167. The van der Waals surface area contributed by atoms with Gasteiger partial charge in [0.05, 0.1) is 18.1 Å². The number of imidazole rings is 1. The fraction of sp³-hybridized carbons (Fsp3) is 0.600. The first kappa shape index (κ1) is 10.0. The molecule has 0 saturated heterocycles. The van der Waals surface area contributed by atoms with Crippen LogP contribution < -0.4 is 5.32 Å². The Morgan fingerprint density at radius 3 is 3.27 bits per heavy atom. The van der Waals surface area contributed by atoms with E-state index in [9.17, 15) is 4.79 Å². The zero-order chi connectivity index (χ0) is 10.8. The van der Waals surface area contributed by atoms with Gasteiger partial charge in [0.1, 0.15) is 0 Å². The summed E-state index contributed by atoms with van der Waals surface area (Å²) in [6.07, 6.45) is 3.46. The molecular formula is C10H16N4O. The number of nitrogens with zero attached hydrogens (tertiary/aromatic N) is 2. The standard InChI is InChI=1S/C10H16N4O/c1-3-8-9-7(12-6-13-9)4-5-14(8)10(15)11-2/h6,8H,3-5H2,1-2H3,(H,11,15)(H,12,13). The second kappa shape index (κ2) is 3.92. The topological polar surface area (TPSA) is 61.0 Å². The van der Waals surface area contributed by atoms with Gasteiger partial charge < -0.3 is 15.2 Å². The Bertz CT molecular complexity index is 360. The van der Waals surface area contributed by atoms with Gasteiger partial charge >= 0.3 is 6.03 Å². The maximum absolute atomic E-state index is 11.6. The van der Waals surface area contributed by atoms with Crippen molar-refractivity contribution >= 4 is 6.03 Å². The van der Waals surface area contributed by atoms with Gasteiger partial charge in [-0.15, -0.1) is 0 Å². The molecule has 5 nitrogen and oxygen atoms in total. The first-order chi connectivity index (χ1) is 7.27. The Morgan fingerprint density at radius 1 is 1.80 bits per heavy atom. The van der Waals surface area contributed by atoms with Crippen LogP contribution in [0.3, 0.4) is 0 Å². The number of carbonyl (C=O) groups is 1. The molecule has 1 aromatic rings. The lowest BCUT2D eigenvalue weighted by atomic mass is 10.0. The van der Waals surface area contributed by atoms with E-state index in [-0.39, 0.29) is 12.1 Å². The van der Waals surface area contributed by atoms with Crippen molar-refractivity contribution in [2.75, 3.05) is 13.6 Å². The van der Waals surface area contributed by atoms with Crippen molar-refractivity contribution in [1.82, 2.24) is 20.2 Å². The fourth-order valence-corrected chi connectivity index (χ4v) is 2.16. The Labute approximate surface area is 88.9 Å². The van der Waals surface area contributed by atoms with Crippen LogP contribution in [0.4, 0.5) is 4.79 Å². The van der Waals surface area contributed by atoms with Crippen LogP contribution in [0.5, 0.6) is 0 Å². The van der Waals surface area contributed by atoms with Crippen molar-refractivity contribution in [3.63, 3.8) is 0 Å². The maximum Gasteiger partial charge on any atom is 0.317 e. The second-order valence-corrected chi connectivity index (χ2v) is 3.69. The minimum atomic E-state index is -0.0181. The number of H-pyrrole nitrogens is 1. The van der Waals surface area contributed by atoms with Crippen molar-refractivity contribution in [2.24, 2.45) is 0 Å². The summed E-state index contributed by atoms with van der Waals surface area (Å²) in [5.41, 5.74) is 2.19. The minimum Gasteiger partial charge on any atom is -0.348 e. The van der Waals surface area contributed by atoms with Crippen molar-refractivity contribution in [3.05, 3.63) is 17.7 Å². The molecule has 2 N–H and O–H groups in total. The van der Waals surface area contributed by atoms with E-state index in [2.05, 4.69) is 22.2 Å². The number of carbonyl (C=O) groups excluding carboxylic acids is 1. The van der Waals surface area contributed by atoms with E-state index in [1.54, 1.807) is 13.4 Å². The number of fused-ring (bicyclic) bond motifs is 1. The first-order valence-electron chi connectivity index (χ1n) is 5.28. The SMILES string of the molecule is CCC1c2nc[nH]c2CCN1C(=O)NC. The molecule has 2 rings (SSSR count). The van der Waals surface area contributed by atoms with Crippen LogP contribution in [0.2, 0.25) is 0 Å². The molecule has 1 unspecified atom stereocenters. The summed E-state index contributed by atoms with van der Waals surface area (Å²) in [5, 5.41) is 2.67. The van der Waals surface area contributed by atoms with Gasteiger partial charge in [0.2, 0.25) is 0 Å². The number of nitrogens with one attached hydrogen (secondary N) is 2. The monoisotopic (exact) mass is 208 g/mol. The largest absolute Gasteiger partial charge is 0.348 e. The van der Waals surface area contributed by atoms with E-state index in [1.165, 1.54) is 5.69 Å². The van der Waals surface area contributed by atoms with Crippen LogP contribution in [0.1, 0.15) is 30.8 Å². The highest BCUT2D eigenvalue weighted by Gasteiger charge is 2.30. The highest BCUT2D eigenvalue weighted by atomic mass is 16.2. The van der Waals surface area contributed by atoms with Crippen molar-refractivity contribution < 1.29 is 4.79 Å². The summed E-state index contributed by atoms with van der Waals surface area (Å²) in [5.74, 6) is 0. The fourth-order valence-electron chi connectivity index (χ4n) is 2.16. The molecule has 2 heterocycles. The summed E-state index contributed by atoms with van der Waals surface area (Å²) < 4.78 is 0. The summed E-state index contributed by atoms with van der Waals surface area (Å²) in [7, 11) is 1.66. The van der Waals surface area contributed by atoms with Gasteiger partial charge in [0, 0.05) is 25.7 Å². The van der Waals surface area contributed by atoms with Crippen LogP contribution in [-0.2, 0) is 6.42 Å². The van der Waals surface area contributed by atoms with Crippen LogP contribution in [0.25, 0.3) is 0 Å². The number of amides is 2. The van der Waals surface area contributed by atoms with E-state index in [0.717, 1.165) is 25.1 Å². The molecule has 0 aliphatic carbocycles. The summed E-state index contributed by atoms with van der Waals surface area (Å²) in [4.78, 5) is 20.9. The molecule has 0 radical (unpaired) electrons. The number of hydrogen-bond acceptors (Lipinski definition) is 2. The number of rotatable bonds is 1. The molecule has 0 bridgehead atoms. The molecule has 0 fully saturated rings. The van der Waals surface area contributed by atoms with Gasteiger partial charge in [-0.2, -0.15) is 0 Å².